The van der Waals surface area contributed by atoms with Gasteiger partial charge in [0.05, 0.1) is 0 Å². The molecule has 14 heavy (non-hydrogen) atoms. The van der Waals surface area contributed by atoms with Crippen LogP contribution in [-0.4, -0.2) is 9.13 Å². The van der Waals surface area contributed by atoms with Gasteiger partial charge in [-0.2, -0.15) is 0 Å². The third kappa shape index (κ3) is 2.28. The van der Waals surface area contributed by atoms with Gasteiger partial charge in [-0.15, -0.1) is 0 Å². The van der Waals surface area contributed by atoms with Crippen LogP contribution in [0.2, 0.25) is 0 Å². The first-order valence-electron chi connectivity index (χ1n) is 5.33. The average Bonchev–Trinajstić information content (AvgIpc) is 2.48. The van der Waals surface area contributed by atoms with Gasteiger partial charge in [0, 0.05) is 25.0 Å². The fraction of sp³-hybridized carbons (Fsp3) is 0.727. The second-order valence-corrected chi connectivity index (χ2v) is 4.25. The van der Waals surface area contributed by atoms with E-state index in [-0.39, 0.29) is 11.7 Å². The first-order valence-corrected chi connectivity index (χ1v) is 5.33. The van der Waals surface area contributed by atoms with E-state index in [2.05, 4.69) is 13.8 Å². The highest BCUT2D eigenvalue weighted by atomic mass is 16.1. The van der Waals surface area contributed by atoms with Crippen molar-refractivity contribution in [1.82, 2.24) is 9.13 Å². The Labute approximate surface area is 85.4 Å². The van der Waals surface area contributed by atoms with Crippen LogP contribution in [0.3, 0.4) is 0 Å². The van der Waals surface area contributed by atoms with Crippen molar-refractivity contribution in [1.29, 1.82) is 0 Å². The van der Waals surface area contributed by atoms with Crippen molar-refractivity contribution in [2.75, 3.05) is 0 Å². The van der Waals surface area contributed by atoms with Crippen molar-refractivity contribution in [2.24, 2.45) is 5.92 Å². The molecule has 1 unspecified atom stereocenters. The van der Waals surface area contributed by atoms with Crippen molar-refractivity contribution in [3.05, 3.63) is 22.9 Å². The highest BCUT2D eigenvalue weighted by Crippen LogP contribution is 2.04. The summed E-state index contributed by atoms with van der Waals surface area (Å²) >= 11 is 0. The van der Waals surface area contributed by atoms with Gasteiger partial charge in [-0.05, 0) is 19.8 Å². The fourth-order valence-corrected chi connectivity index (χ4v) is 1.42. The molecule has 0 aliphatic heterocycles. The Morgan fingerprint density at radius 1 is 1.29 bits per heavy atom. The quantitative estimate of drug-likeness (QED) is 0.725. The molecule has 1 heterocycles. The minimum absolute atomic E-state index is 0.111. The summed E-state index contributed by atoms with van der Waals surface area (Å²) in [6, 6.07) is 0.251. The van der Waals surface area contributed by atoms with Crippen LogP contribution in [0.25, 0.3) is 0 Å². The lowest BCUT2D eigenvalue weighted by Gasteiger charge is -2.08. The maximum Gasteiger partial charge on any atom is 0.328 e. The normalized spacial score (nSPS) is 13.5. The second kappa shape index (κ2) is 4.49. The number of hydrogen-bond acceptors (Lipinski definition) is 1. The van der Waals surface area contributed by atoms with Gasteiger partial charge in [0.25, 0.3) is 0 Å². The van der Waals surface area contributed by atoms with Crippen molar-refractivity contribution in [3.8, 4) is 0 Å². The first kappa shape index (κ1) is 11.1. The summed E-state index contributed by atoms with van der Waals surface area (Å²) in [5.41, 5.74) is 0.111. The van der Waals surface area contributed by atoms with E-state index in [9.17, 15) is 4.79 Å². The molecule has 1 aromatic heterocycles. The van der Waals surface area contributed by atoms with Gasteiger partial charge < -0.3 is 0 Å². The Balaban J connectivity index is 2.85. The summed E-state index contributed by atoms with van der Waals surface area (Å²) in [5, 5.41) is 0. The van der Waals surface area contributed by atoms with Crippen LogP contribution >= 0.6 is 0 Å². The summed E-state index contributed by atoms with van der Waals surface area (Å²) in [6.07, 6.45) is 4.86. The molecule has 0 aliphatic carbocycles. The lowest BCUT2D eigenvalue weighted by Crippen LogP contribution is -2.26. The largest absolute Gasteiger partial charge is 0.328 e. The van der Waals surface area contributed by atoms with Gasteiger partial charge in [-0.25, -0.2) is 4.79 Å². The molecule has 0 spiro atoms. The van der Waals surface area contributed by atoms with Gasteiger partial charge in [0.1, 0.15) is 0 Å². The standard InChI is InChI=1S/C11H20N2O/c1-5-10(4)8-12-6-7-13(9(2)3)11(12)14/h6-7,9-10H,5,8H2,1-4H3. The predicted molar refractivity (Wildman–Crippen MR) is 58.5 cm³/mol. The zero-order chi connectivity index (χ0) is 10.7. The van der Waals surface area contributed by atoms with Crippen molar-refractivity contribution < 1.29 is 0 Å². The predicted octanol–water partition coefficient (Wildman–Crippen LogP) is 2.28. The zero-order valence-electron chi connectivity index (χ0n) is 9.53. The van der Waals surface area contributed by atoms with Crippen LogP contribution < -0.4 is 5.69 Å². The van der Waals surface area contributed by atoms with Crippen molar-refractivity contribution >= 4 is 0 Å². The third-order valence-electron chi connectivity index (χ3n) is 2.64. The monoisotopic (exact) mass is 196 g/mol. The Kier molecular flexibility index (Phi) is 3.55. The van der Waals surface area contributed by atoms with E-state index < -0.39 is 0 Å². The number of imidazole rings is 1. The third-order valence-corrected chi connectivity index (χ3v) is 2.64. The Morgan fingerprint density at radius 2 is 1.93 bits per heavy atom. The summed E-state index contributed by atoms with van der Waals surface area (Å²) in [5.74, 6) is 0.565. The van der Waals surface area contributed by atoms with E-state index in [4.69, 9.17) is 0 Å². The average molecular weight is 196 g/mol. The van der Waals surface area contributed by atoms with Crippen LogP contribution in [0.15, 0.2) is 17.2 Å². The lowest BCUT2D eigenvalue weighted by molar-refractivity contribution is 0.449. The fourth-order valence-electron chi connectivity index (χ4n) is 1.42. The highest BCUT2D eigenvalue weighted by molar-refractivity contribution is 4.84. The topological polar surface area (TPSA) is 26.9 Å². The van der Waals surface area contributed by atoms with Crippen LogP contribution in [-0.2, 0) is 6.54 Å². The van der Waals surface area contributed by atoms with E-state index in [1.165, 1.54) is 0 Å². The number of nitrogens with zero attached hydrogens (tertiary/aromatic N) is 2. The molecular formula is C11H20N2O. The summed E-state index contributed by atoms with van der Waals surface area (Å²) < 4.78 is 3.57. The smallest absolute Gasteiger partial charge is 0.299 e. The van der Waals surface area contributed by atoms with Crippen LogP contribution in [0.5, 0.6) is 0 Å². The van der Waals surface area contributed by atoms with Crippen LogP contribution in [0.4, 0.5) is 0 Å². The molecule has 0 aromatic carbocycles. The molecule has 0 fully saturated rings. The van der Waals surface area contributed by atoms with Crippen molar-refractivity contribution in [3.63, 3.8) is 0 Å². The maximum absolute atomic E-state index is 11.8. The van der Waals surface area contributed by atoms with Gasteiger partial charge in [-0.1, -0.05) is 20.3 Å². The molecule has 1 rings (SSSR count). The molecular weight excluding hydrogens is 176 g/mol. The lowest BCUT2D eigenvalue weighted by atomic mass is 10.1. The second-order valence-electron chi connectivity index (χ2n) is 4.25. The molecule has 1 atom stereocenters. The van der Waals surface area contributed by atoms with Gasteiger partial charge in [-0.3, -0.25) is 9.13 Å². The minimum Gasteiger partial charge on any atom is -0.299 e. The van der Waals surface area contributed by atoms with Crippen molar-refractivity contribution in [2.45, 2.75) is 46.7 Å². The van der Waals surface area contributed by atoms with E-state index >= 15 is 0 Å². The van der Waals surface area contributed by atoms with Crippen LogP contribution in [0, 0.1) is 5.92 Å². The molecule has 0 amide bonds. The molecule has 0 N–H and O–H groups in total. The Hall–Kier alpha value is -0.990. The maximum atomic E-state index is 11.8. The number of aromatic nitrogens is 2. The summed E-state index contributed by atoms with van der Waals surface area (Å²) in [4.78, 5) is 11.8. The summed E-state index contributed by atoms with van der Waals surface area (Å²) in [7, 11) is 0. The first-order chi connectivity index (χ1) is 6.56. The number of rotatable bonds is 4. The summed E-state index contributed by atoms with van der Waals surface area (Å²) in [6.45, 7) is 9.19. The molecule has 0 bridgehead atoms. The van der Waals surface area contributed by atoms with E-state index in [0.29, 0.717) is 5.92 Å². The Bertz CT molecular complexity index is 335. The van der Waals surface area contributed by atoms with Gasteiger partial charge in [0.2, 0.25) is 0 Å². The molecule has 0 radical (unpaired) electrons. The van der Waals surface area contributed by atoms with Gasteiger partial charge in [0.15, 0.2) is 0 Å². The molecule has 0 saturated carbocycles. The highest BCUT2D eigenvalue weighted by Gasteiger charge is 2.07. The Morgan fingerprint density at radius 3 is 2.36 bits per heavy atom. The molecule has 1 aromatic rings. The van der Waals surface area contributed by atoms with E-state index in [0.717, 1.165) is 13.0 Å². The molecule has 3 heteroatoms. The molecule has 80 valence electrons. The molecule has 0 saturated heterocycles. The molecule has 3 nitrogen and oxygen atoms in total. The van der Waals surface area contributed by atoms with E-state index in [1.807, 2.05) is 26.2 Å². The SMILES string of the molecule is CCC(C)Cn1ccn(C(C)C)c1=O. The minimum atomic E-state index is 0.111. The zero-order valence-corrected chi connectivity index (χ0v) is 9.53. The number of hydrogen-bond donors (Lipinski definition) is 0. The van der Waals surface area contributed by atoms with Crippen LogP contribution in [0.1, 0.15) is 40.2 Å². The van der Waals surface area contributed by atoms with E-state index in [1.54, 1.807) is 9.13 Å². The van der Waals surface area contributed by atoms with Gasteiger partial charge >= 0.3 is 5.69 Å². The molecule has 0 aliphatic rings.